The number of hydrogen-bond acceptors (Lipinski definition) is 6. The number of aromatic nitrogens is 1. The van der Waals surface area contributed by atoms with Crippen molar-refractivity contribution < 1.29 is 17.9 Å². The van der Waals surface area contributed by atoms with Gasteiger partial charge in [0.25, 0.3) is 0 Å². The van der Waals surface area contributed by atoms with Crippen molar-refractivity contribution in [1.29, 1.82) is 0 Å². The van der Waals surface area contributed by atoms with Crippen LogP contribution in [0.15, 0.2) is 47.5 Å². The first-order chi connectivity index (χ1) is 13.9. The first kappa shape index (κ1) is 21.1. The molecular weight excluding hydrogens is 392 g/mol. The SMILES string of the molecule is CCN(CC(=O)Nc1ccc(OC)cc1)c1ccc(S(=O)(=O)N2CCCC2)cn1. The summed E-state index contributed by atoms with van der Waals surface area (Å²) < 4.78 is 31.8. The Morgan fingerprint density at radius 3 is 2.41 bits per heavy atom. The summed E-state index contributed by atoms with van der Waals surface area (Å²) in [5.41, 5.74) is 0.673. The molecule has 0 bridgehead atoms. The monoisotopic (exact) mass is 418 g/mol. The van der Waals surface area contributed by atoms with Crippen LogP contribution < -0.4 is 15.0 Å². The second-order valence-electron chi connectivity index (χ2n) is 6.75. The normalized spacial score (nSPS) is 14.6. The maximum absolute atomic E-state index is 12.6. The average Bonchev–Trinajstić information content (AvgIpc) is 3.28. The van der Waals surface area contributed by atoms with E-state index in [1.165, 1.54) is 10.5 Å². The van der Waals surface area contributed by atoms with E-state index in [9.17, 15) is 13.2 Å². The van der Waals surface area contributed by atoms with Crippen LogP contribution in [0.1, 0.15) is 19.8 Å². The molecular formula is C20H26N4O4S. The zero-order chi connectivity index (χ0) is 20.9. The van der Waals surface area contributed by atoms with Crippen LogP contribution in [0.2, 0.25) is 0 Å². The molecule has 1 N–H and O–H groups in total. The fourth-order valence-electron chi connectivity index (χ4n) is 3.19. The molecule has 9 heteroatoms. The Morgan fingerprint density at radius 1 is 1.17 bits per heavy atom. The fourth-order valence-corrected chi connectivity index (χ4v) is 4.66. The second-order valence-corrected chi connectivity index (χ2v) is 8.69. The lowest BCUT2D eigenvalue weighted by atomic mass is 10.3. The summed E-state index contributed by atoms with van der Waals surface area (Å²) in [7, 11) is -1.91. The predicted molar refractivity (Wildman–Crippen MR) is 112 cm³/mol. The summed E-state index contributed by atoms with van der Waals surface area (Å²) in [6.45, 7) is 3.68. The molecule has 1 saturated heterocycles. The number of likely N-dealkylation sites (N-methyl/N-ethyl adjacent to an activating group) is 1. The van der Waals surface area contributed by atoms with Crippen LogP contribution in [0.4, 0.5) is 11.5 Å². The molecule has 0 atom stereocenters. The van der Waals surface area contributed by atoms with Crippen LogP contribution in [0, 0.1) is 0 Å². The number of pyridine rings is 1. The highest BCUT2D eigenvalue weighted by Crippen LogP contribution is 2.22. The van der Waals surface area contributed by atoms with Crippen molar-refractivity contribution >= 4 is 27.4 Å². The average molecular weight is 419 g/mol. The topological polar surface area (TPSA) is 91.8 Å². The van der Waals surface area contributed by atoms with Crippen molar-refractivity contribution in [3.63, 3.8) is 0 Å². The van der Waals surface area contributed by atoms with Crippen molar-refractivity contribution in [1.82, 2.24) is 9.29 Å². The van der Waals surface area contributed by atoms with E-state index in [1.54, 1.807) is 48.4 Å². The smallest absolute Gasteiger partial charge is 0.244 e. The van der Waals surface area contributed by atoms with Crippen molar-refractivity contribution in [2.75, 3.05) is 43.5 Å². The van der Waals surface area contributed by atoms with Crippen LogP contribution in [-0.2, 0) is 14.8 Å². The van der Waals surface area contributed by atoms with Gasteiger partial charge in [0.05, 0.1) is 13.7 Å². The van der Waals surface area contributed by atoms with Crippen LogP contribution in [0.5, 0.6) is 5.75 Å². The Labute approximate surface area is 171 Å². The van der Waals surface area contributed by atoms with Gasteiger partial charge in [0.15, 0.2) is 0 Å². The van der Waals surface area contributed by atoms with Gasteiger partial charge in [0.1, 0.15) is 16.5 Å². The highest BCUT2D eigenvalue weighted by molar-refractivity contribution is 7.89. The van der Waals surface area contributed by atoms with E-state index < -0.39 is 10.0 Å². The van der Waals surface area contributed by atoms with Gasteiger partial charge in [-0.05, 0) is 56.2 Å². The molecule has 3 rings (SSSR count). The van der Waals surface area contributed by atoms with Gasteiger partial charge in [-0.2, -0.15) is 4.31 Å². The summed E-state index contributed by atoms with van der Waals surface area (Å²) in [6, 6.07) is 10.3. The number of sulfonamides is 1. The highest BCUT2D eigenvalue weighted by Gasteiger charge is 2.27. The third-order valence-corrected chi connectivity index (χ3v) is 6.72. The number of nitrogens with zero attached hydrogens (tertiary/aromatic N) is 3. The van der Waals surface area contributed by atoms with Crippen LogP contribution in [0.25, 0.3) is 0 Å². The molecule has 1 aromatic heterocycles. The molecule has 2 aromatic rings. The minimum absolute atomic E-state index is 0.105. The van der Waals surface area contributed by atoms with Gasteiger partial charge in [-0.25, -0.2) is 13.4 Å². The Balaban J connectivity index is 1.65. The van der Waals surface area contributed by atoms with E-state index in [4.69, 9.17) is 4.74 Å². The molecule has 0 aliphatic carbocycles. The number of methoxy groups -OCH3 is 1. The molecule has 0 radical (unpaired) electrons. The van der Waals surface area contributed by atoms with E-state index in [0.29, 0.717) is 36.9 Å². The van der Waals surface area contributed by atoms with Gasteiger partial charge < -0.3 is 15.0 Å². The van der Waals surface area contributed by atoms with Crippen molar-refractivity contribution in [3.8, 4) is 5.75 Å². The third kappa shape index (κ3) is 5.04. The van der Waals surface area contributed by atoms with E-state index in [1.807, 2.05) is 6.92 Å². The molecule has 156 valence electrons. The number of benzene rings is 1. The van der Waals surface area contributed by atoms with E-state index in [0.717, 1.165) is 12.8 Å². The second kappa shape index (κ2) is 9.23. The lowest BCUT2D eigenvalue weighted by molar-refractivity contribution is -0.115. The maximum atomic E-state index is 12.6. The highest BCUT2D eigenvalue weighted by atomic mass is 32.2. The van der Waals surface area contributed by atoms with E-state index in [-0.39, 0.29) is 17.3 Å². The number of anilines is 2. The van der Waals surface area contributed by atoms with Crippen molar-refractivity contribution in [3.05, 3.63) is 42.6 Å². The van der Waals surface area contributed by atoms with E-state index in [2.05, 4.69) is 10.3 Å². The number of carbonyl (C=O) groups excluding carboxylic acids is 1. The summed E-state index contributed by atoms with van der Waals surface area (Å²) >= 11 is 0. The van der Waals surface area contributed by atoms with Crippen LogP contribution in [-0.4, -0.2) is 56.9 Å². The van der Waals surface area contributed by atoms with Crippen LogP contribution in [0.3, 0.4) is 0 Å². The molecule has 29 heavy (non-hydrogen) atoms. The molecule has 2 heterocycles. The van der Waals surface area contributed by atoms with Gasteiger partial charge in [-0.3, -0.25) is 4.79 Å². The third-order valence-electron chi connectivity index (χ3n) is 4.84. The lowest BCUT2D eigenvalue weighted by Crippen LogP contribution is -2.34. The van der Waals surface area contributed by atoms with Gasteiger partial charge >= 0.3 is 0 Å². The minimum Gasteiger partial charge on any atom is -0.497 e. The van der Waals surface area contributed by atoms with Crippen molar-refractivity contribution in [2.45, 2.75) is 24.7 Å². The molecule has 0 unspecified atom stereocenters. The maximum Gasteiger partial charge on any atom is 0.244 e. The number of rotatable bonds is 8. The number of hydrogen-bond donors (Lipinski definition) is 1. The Kier molecular flexibility index (Phi) is 6.71. The van der Waals surface area contributed by atoms with Gasteiger partial charge in [0.2, 0.25) is 15.9 Å². The quantitative estimate of drug-likeness (QED) is 0.708. The number of amides is 1. The fraction of sp³-hybridized carbons (Fsp3) is 0.400. The molecule has 0 saturated carbocycles. The molecule has 1 aliphatic heterocycles. The van der Waals surface area contributed by atoms with Crippen molar-refractivity contribution in [2.24, 2.45) is 0 Å². The summed E-state index contributed by atoms with van der Waals surface area (Å²) in [5.74, 6) is 1.08. The van der Waals surface area contributed by atoms with Gasteiger partial charge in [-0.1, -0.05) is 0 Å². The Hall–Kier alpha value is -2.65. The minimum atomic E-state index is -3.49. The zero-order valence-electron chi connectivity index (χ0n) is 16.7. The molecule has 1 fully saturated rings. The lowest BCUT2D eigenvalue weighted by Gasteiger charge is -2.22. The summed E-state index contributed by atoms with van der Waals surface area (Å²) in [4.78, 5) is 18.7. The molecule has 0 spiro atoms. The Bertz CT molecular complexity index is 924. The summed E-state index contributed by atoms with van der Waals surface area (Å²) in [6.07, 6.45) is 3.14. The van der Waals surface area contributed by atoms with Crippen LogP contribution >= 0.6 is 0 Å². The molecule has 1 aromatic carbocycles. The van der Waals surface area contributed by atoms with Gasteiger partial charge in [0, 0.05) is 31.5 Å². The standard InChI is InChI=1S/C20H26N4O4S/c1-3-23(15-20(25)22-16-6-8-17(28-2)9-7-16)19-11-10-18(14-21-19)29(26,27)24-12-4-5-13-24/h6-11,14H,3-5,12-13,15H2,1-2H3,(H,22,25). The first-order valence-electron chi connectivity index (χ1n) is 9.59. The Morgan fingerprint density at radius 2 is 1.86 bits per heavy atom. The largest absolute Gasteiger partial charge is 0.497 e. The molecule has 1 aliphatic rings. The first-order valence-corrected chi connectivity index (χ1v) is 11.0. The molecule has 1 amide bonds. The summed E-state index contributed by atoms with van der Waals surface area (Å²) in [5, 5.41) is 2.83. The van der Waals surface area contributed by atoms with Gasteiger partial charge in [-0.15, -0.1) is 0 Å². The van der Waals surface area contributed by atoms with E-state index >= 15 is 0 Å². The number of ether oxygens (including phenoxy) is 1. The number of carbonyl (C=O) groups is 1. The predicted octanol–water partition coefficient (Wildman–Crippen LogP) is 2.34. The number of nitrogens with one attached hydrogen (secondary N) is 1. The zero-order valence-corrected chi connectivity index (χ0v) is 17.5. The molecule has 8 nitrogen and oxygen atoms in total.